The summed E-state index contributed by atoms with van der Waals surface area (Å²) in [5, 5.41) is 4.02. The topological polar surface area (TPSA) is 68.3 Å². The summed E-state index contributed by atoms with van der Waals surface area (Å²) in [6.07, 6.45) is 0. The maximum Gasteiger partial charge on any atom is 0.333 e. The van der Waals surface area contributed by atoms with E-state index >= 15 is 0 Å². The number of carbonyl (C=O) groups excluding carboxylic acids is 2. The zero-order valence-electron chi connectivity index (χ0n) is 11.7. The van der Waals surface area contributed by atoms with Crippen molar-refractivity contribution in [2.75, 3.05) is 7.11 Å². The molecule has 0 fully saturated rings. The number of amides is 1. The molecule has 1 amide bonds. The largest absolute Gasteiger partial charge is 0.467 e. The van der Waals surface area contributed by atoms with Gasteiger partial charge >= 0.3 is 5.97 Å². The minimum atomic E-state index is -1.14. The van der Waals surface area contributed by atoms with E-state index in [1.165, 1.54) is 19.2 Å². The average molecular weight is 343 g/mol. The third kappa shape index (κ3) is 3.42. The van der Waals surface area contributed by atoms with E-state index in [9.17, 15) is 14.0 Å². The second-order valence-electron chi connectivity index (χ2n) is 4.42. The maximum absolute atomic E-state index is 13.6. The van der Waals surface area contributed by atoms with Crippen LogP contribution in [-0.4, -0.2) is 23.4 Å². The number of methoxy groups -OCH3 is 1. The highest BCUT2D eigenvalue weighted by atomic mass is 35.5. The minimum Gasteiger partial charge on any atom is -0.467 e. The Morgan fingerprint density at radius 3 is 2.73 bits per heavy atom. The number of ether oxygens (including phenoxy) is 1. The van der Waals surface area contributed by atoms with E-state index in [4.69, 9.17) is 11.6 Å². The Kier molecular flexibility index (Phi) is 5.10. The van der Waals surface area contributed by atoms with Gasteiger partial charge in [0.25, 0.3) is 5.91 Å². The van der Waals surface area contributed by atoms with Gasteiger partial charge in [-0.25, -0.2) is 9.18 Å². The van der Waals surface area contributed by atoms with Gasteiger partial charge in [0.15, 0.2) is 6.04 Å². The molecule has 2 aromatic rings. The third-order valence-electron chi connectivity index (χ3n) is 2.98. The molecule has 5 nitrogen and oxygen atoms in total. The molecule has 2 rings (SSSR count). The Morgan fingerprint density at radius 1 is 1.45 bits per heavy atom. The van der Waals surface area contributed by atoms with Crippen LogP contribution in [0.25, 0.3) is 0 Å². The molecule has 0 aliphatic carbocycles. The van der Waals surface area contributed by atoms with Crippen LogP contribution in [0.2, 0.25) is 5.02 Å². The molecule has 1 N–H and O–H groups in total. The standard InChI is InChI=1S/C14H12ClFN2O3S/c1-7-9(6-22-18-7)13(19)17-12(14(20)21-2)8-3-4-10(15)11(16)5-8/h3-6,12H,1-2H3,(H,17,19)/t12-/m0/s1. The number of hydrogen-bond donors (Lipinski definition) is 1. The summed E-state index contributed by atoms with van der Waals surface area (Å²) < 4.78 is 22.2. The number of aromatic nitrogens is 1. The van der Waals surface area contributed by atoms with E-state index in [1.54, 1.807) is 12.3 Å². The highest BCUT2D eigenvalue weighted by Gasteiger charge is 2.26. The Morgan fingerprint density at radius 2 is 2.18 bits per heavy atom. The van der Waals surface area contributed by atoms with Crippen LogP contribution < -0.4 is 5.32 Å². The molecule has 0 saturated heterocycles. The molecule has 1 atom stereocenters. The molecule has 0 spiro atoms. The van der Waals surface area contributed by atoms with Gasteiger partial charge in [0, 0.05) is 5.38 Å². The summed E-state index contributed by atoms with van der Waals surface area (Å²) in [7, 11) is 1.19. The van der Waals surface area contributed by atoms with Crippen molar-refractivity contribution in [3.05, 3.63) is 51.2 Å². The fourth-order valence-electron chi connectivity index (χ4n) is 1.81. The number of aryl methyl sites for hydroxylation is 1. The van der Waals surface area contributed by atoms with E-state index in [-0.39, 0.29) is 10.6 Å². The Hall–Kier alpha value is -1.99. The van der Waals surface area contributed by atoms with Crippen LogP contribution in [-0.2, 0) is 9.53 Å². The highest BCUT2D eigenvalue weighted by molar-refractivity contribution is 7.03. The number of benzene rings is 1. The predicted molar refractivity (Wildman–Crippen MR) is 80.5 cm³/mol. The Labute approximate surface area is 135 Å². The quantitative estimate of drug-likeness (QED) is 0.867. The van der Waals surface area contributed by atoms with Crippen molar-refractivity contribution in [1.29, 1.82) is 0 Å². The van der Waals surface area contributed by atoms with E-state index in [1.807, 2.05) is 0 Å². The molecule has 1 aromatic carbocycles. The summed E-state index contributed by atoms with van der Waals surface area (Å²) in [5.74, 6) is -1.89. The molecule has 1 heterocycles. The van der Waals surface area contributed by atoms with Gasteiger partial charge in [-0.05, 0) is 36.2 Å². The van der Waals surface area contributed by atoms with E-state index in [0.29, 0.717) is 11.3 Å². The van der Waals surface area contributed by atoms with Crippen LogP contribution in [0.1, 0.15) is 27.7 Å². The fraction of sp³-hybridized carbons (Fsp3) is 0.214. The first kappa shape index (κ1) is 16.4. The molecular weight excluding hydrogens is 331 g/mol. The van der Waals surface area contributed by atoms with Crippen LogP contribution in [0.3, 0.4) is 0 Å². The lowest BCUT2D eigenvalue weighted by Crippen LogP contribution is -2.34. The molecule has 0 aliphatic rings. The number of carbonyl (C=O) groups is 2. The van der Waals surface area contributed by atoms with Crippen molar-refractivity contribution in [2.45, 2.75) is 13.0 Å². The molecule has 0 bridgehead atoms. The van der Waals surface area contributed by atoms with E-state index in [0.717, 1.165) is 17.6 Å². The van der Waals surface area contributed by atoms with Crippen LogP contribution in [0.5, 0.6) is 0 Å². The lowest BCUT2D eigenvalue weighted by atomic mass is 10.1. The van der Waals surface area contributed by atoms with Gasteiger partial charge in [0.1, 0.15) is 5.82 Å². The van der Waals surface area contributed by atoms with Gasteiger partial charge in [0.05, 0.1) is 23.4 Å². The van der Waals surface area contributed by atoms with Crippen molar-refractivity contribution in [3.8, 4) is 0 Å². The van der Waals surface area contributed by atoms with Crippen molar-refractivity contribution >= 4 is 35.0 Å². The number of rotatable bonds is 4. The lowest BCUT2D eigenvalue weighted by molar-refractivity contribution is -0.143. The zero-order valence-corrected chi connectivity index (χ0v) is 13.3. The van der Waals surface area contributed by atoms with Crippen molar-refractivity contribution < 1.29 is 18.7 Å². The van der Waals surface area contributed by atoms with Crippen molar-refractivity contribution in [1.82, 2.24) is 9.69 Å². The molecule has 0 aliphatic heterocycles. The molecule has 22 heavy (non-hydrogen) atoms. The second-order valence-corrected chi connectivity index (χ2v) is 5.45. The minimum absolute atomic E-state index is 0.0726. The smallest absolute Gasteiger partial charge is 0.333 e. The first-order chi connectivity index (χ1) is 10.4. The summed E-state index contributed by atoms with van der Waals surface area (Å²) in [6.45, 7) is 1.68. The predicted octanol–water partition coefficient (Wildman–Crippen LogP) is 2.89. The highest BCUT2D eigenvalue weighted by Crippen LogP contribution is 2.22. The maximum atomic E-state index is 13.6. The summed E-state index contributed by atoms with van der Waals surface area (Å²) in [5.41, 5.74) is 1.14. The van der Waals surface area contributed by atoms with Gasteiger partial charge in [0.2, 0.25) is 0 Å². The summed E-state index contributed by atoms with van der Waals surface area (Å²) in [4.78, 5) is 24.1. The lowest BCUT2D eigenvalue weighted by Gasteiger charge is -2.17. The van der Waals surface area contributed by atoms with E-state index < -0.39 is 23.7 Å². The van der Waals surface area contributed by atoms with Gasteiger partial charge in [-0.3, -0.25) is 4.79 Å². The number of nitrogens with zero attached hydrogens (tertiary/aromatic N) is 1. The first-order valence-electron chi connectivity index (χ1n) is 6.18. The molecule has 8 heteroatoms. The molecule has 1 aromatic heterocycles. The monoisotopic (exact) mass is 342 g/mol. The third-order valence-corrected chi connectivity index (χ3v) is 4.01. The second kappa shape index (κ2) is 6.85. The number of esters is 1. The Balaban J connectivity index is 2.31. The molecular formula is C14H12ClFN2O3S. The molecule has 0 saturated carbocycles. The fourth-order valence-corrected chi connectivity index (χ4v) is 2.62. The molecule has 116 valence electrons. The number of hydrogen-bond acceptors (Lipinski definition) is 5. The average Bonchev–Trinajstić information content (AvgIpc) is 2.93. The van der Waals surface area contributed by atoms with Gasteiger partial charge in [-0.15, -0.1) is 0 Å². The normalized spacial score (nSPS) is 11.8. The summed E-state index contributed by atoms with van der Waals surface area (Å²) >= 11 is 6.75. The number of nitrogens with one attached hydrogen (secondary N) is 1. The van der Waals surface area contributed by atoms with E-state index in [2.05, 4.69) is 14.4 Å². The van der Waals surface area contributed by atoms with Crippen LogP contribution in [0.4, 0.5) is 4.39 Å². The van der Waals surface area contributed by atoms with Gasteiger partial charge < -0.3 is 10.1 Å². The van der Waals surface area contributed by atoms with Crippen molar-refractivity contribution in [2.24, 2.45) is 0 Å². The molecule has 0 unspecified atom stereocenters. The number of halogens is 2. The van der Waals surface area contributed by atoms with Gasteiger partial charge in [-0.1, -0.05) is 17.7 Å². The zero-order chi connectivity index (χ0) is 16.3. The van der Waals surface area contributed by atoms with Gasteiger partial charge in [-0.2, -0.15) is 4.37 Å². The summed E-state index contributed by atoms with van der Waals surface area (Å²) in [6, 6.07) is 2.71. The SMILES string of the molecule is COC(=O)[C@@H](NC(=O)c1csnc1C)c1ccc(Cl)c(F)c1. The van der Waals surface area contributed by atoms with Crippen LogP contribution >= 0.6 is 23.1 Å². The Bertz CT molecular complexity index is 720. The first-order valence-corrected chi connectivity index (χ1v) is 7.40. The van der Waals surface area contributed by atoms with Crippen LogP contribution in [0.15, 0.2) is 23.6 Å². The van der Waals surface area contributed by atoms with Crippen LogP contribution in [0, 0.1) is 12.7 Å². The molecule has 0 radical (unpaired) electrons. The van der Waals surface area contributed by atoms with Crippen molar-refractivity contribution in [3.63, 3.8) is 0 Å².